The molecule has 6 nitrogen and oxygen atoms in total. The minimum absolute atomic E-state index is 0.195. The highest BCUT2D eigenvalue weighted by Gasteiger charge is 2.34. The Morgan fingerprint density at radius 2 is 2.00 bits per heavy atom. The molecule has 1 aromatic rings. The van der Waals surface area contributed by atoms with Crippen molar-refractivity contribution in [1.29, 1.82) is 5.41 Å². The highest BCUT2D eigenvalue weighted by molar-refractivity contribution is 6.42. The Hall–Kier alpha value is -1.98. The van der Waals surface area contributed by atoms with Crippen molar-refractivity contribution < 1.29 is 4.74 Å². The lowest BCUT2D eigenvalue weighted by Gasteiger charge is -2.16. The number of ether oxygens (including phenoxy) is 1. The fourth-order valence-corrected chi connectivity index (χ4v) is 1.07. The first-order chi connectivity index (χ1) is 7.09. The average molecular weight is 205 g/mol. The third-order valence-electron chi connectivity index (χ3n) is 2.01. The number of aromatic nitrogens is 2. The van der Waals surface area contributed by atoms with Crippen LogP contribution in [0.2, 0.25) is 0 Å². The summed E-state index contributed by atoms with van der Waals surface area (Å²) in [5.74, 6) is 0.214. The summed E-state index contributed by atoms with van der Waals surface area (Å²) in [7, 11) is 0. The van der Waals surface area contributed by atoms with Gasteiger partial charge in [-0.2, -0.15) is 0 Å². The molecule has 0 aromatic carbocycles. The van der Waals surface area contributed by atoms with Crippen molar-refractivity contribution in [3.05, 3.63) is 18.5 Å². The zero-order chi connectivity index (χ0) is 10.9. The minimum Gasteiger partial charge on any atom is -0.402 e. The molecular formula is C9H11N5O. The molecule has 78 valence electrons. The standard InChI is InChI=1S/C9H11N5O/c1-9(2)6(10)7(13-14-9)15-8-11-4-3-5-12-8/h3-5,10,14H,1-2H3. The van der Waals surface area contributed by atoms with Crippen LogP contribution in [0.25, 0.3) is 0 Å². The summed E-state index contributed by atoms with van der Waals surface area (Å²) >= 11 is 0. The van der Waals surface area contributed by atoms with Gasteiger partial charge in [0.2, 0.25) is 0 Å². The van der Waals surface area contributed by atoms with Crippen LogP contribution in [-0.2, 0) is 0 Å². The zero-order valence-corrected chi connectivity index (χ0v) is 8.48. The Kier molecular flexibility index (Phi) is 2.11. The van der Waals surface area contributed by atoms with E-state index in [1.807, 2.05) is 13.8 Å². The van der Waals surface area contributed by atoms with Crippen molar-refractivity contribution >= 4 is 11.6 Å². The molecule has 1 aliphatic heterocycles. The Morgan fingerprint density at radius 1 is 1.33 bits per heavy atom. The molecule has 0 spiro atoms. The second kappa shape index (κ2) is 3.30. The predicted molar refractivity (Wildman–Crippen MR) is 55.0 cm³/mol. The Labute approximate surface area is 86.9 Å². The molecule has 0 saturated carbocycles. The molecule has 2 N–H and O–H groups in total. The Balaban J connectivity index is 2.13. The smallest absolute Gasteiger partial charge is 0.323 e. The van der Waals surface area contributed by atoms with Gasteiger partial charge in [0, 0.05) is 12.4 Å². The molecule has 0 atom stereocenters. The van der Waals surface area contributed by atoms with Crippen molar-refractivity contribution in [2.45, 2.75) is 19.4 Å². The van der Waals surface area contributed by atoms with E-state index < -0.39 is 5.54 Å². The van der Waals surface area contributed by atoms with Crippen molar-refractivity contribution in [1.82, 2.24) is 15.4 Å². The maximum Gasteiger partial charge on any atom is 0.323 e. The van der Waals surface area contributed by atoms with E-state index in [-0.39, 0.29) is 17.6 Å². The van der Waals surface area contributed by atoms with Gasteiger partial charge in [0.05, 0.1) is 5.54 Å². The van der Waals surface area contributed by atoms with E-state index in [0.717, 1.165) is 0 Å². The first-order valence-corrected chi connectivity index (χ1v) is 4.49. The van der Waals surface area contributed by atoms with Gasteiger partial charge in [-0.25, -0.2) is 9.97 Å². The third kappa shape index (κ3) is 1.78. The topological polar surface area (TPSA) is 83.2 Å². The van der Waals surface area contributed by atoms with Crippen LogP contribution in [0.15, 0.2) is 23.6 Å². The first kappa shape index (κ1) is 9.57. The van der Waals surface area contributed by atoms with Gasteiger partial charge in [-0.3, -0.25) is 10.8 Å². The van der Waals surface area contributed by atoms with Crippen molar-refractivity contribution in [2.24, 2.45) is 5.10 Å². The number of nitrogens with one attached hydrogen (secondary N) is 2. The van der Waals surface area contributed by atoms with Crippen LogP contribution < -0.4 is 10.2 Å². The number of rotatable bonds is 1. The van der Waals surface area contributed by atoms with E-state index >= 15 is 0 Å². The molecule has 1 aliphatic rings. The number of nitrogens with zero attached hydrogens (tertiary/aromatic N) is 3. The second-order valence-corrected chi connectivity index (χ2v) is 3.66. The fraction of sp³-hybridized carbons (Fsp3) is 0.333. The van der Waals surface area contributed by atoms with Crippen LogP contribution >= 0.6 is 0 Å². The molecular weight excluding hydrogens is 194 g/mol. The van der Waals surface area contributed by atoms with Gasteiger partial charge in [0.1, 0.15) is 5.71 Å². The molecule has 0 bridgehead atoms. The lowest BCUT2D eigenvalue weighted by atomic mass is 10.0. The van der Waals surface area contributed by atoms with Gasteiger partial charge in [0.15, 0.2) is 0 Å². The van der Waals surface area contributed by atoms with E-state index in [1.165, 1.54) is 0 Å². The highest BCUT2D eigenvalue weighted by atomic mass is 16.5. The molecule has 15 heavy (non-hydrogen) atoms. The van der Waals surface area contributed by atoms with Crippen LogP contribution in [0.4, 0.5) is 0 Å². The summed E-state index contributed by atoms with van der Waals surface area (Å²) in [4.78, 5) is 7.77. The molecule has 0 amide bonds. The van der Waals surface area contributed by atoms with Crippen molar-refractivity contribution in [3.63, 3.8) is 0 Å². The summed E-state index contributed by atoms with van der Waals surface area (Å²) in [5, 5.41) is 11.7. The van der Waals surface area contributed by atoms with Crippen LogP contribution in [0.1, 0.15) is 13.8 Å². The normalized spacial score (nSPS) is 18.3. The average Bonchev–Trinajstić information content (AvgIpc) is 2.47. The maximum atomic E-state index is 7.78. The maximum absolute atomic E-state index is 7.78. The lowest BCUT2D eigenvalue weighted by Crippen LogP contribution is -2.41. The van der Waals surface area contributed by atoms with E-state index in [2.05, 4.69) is 20.5 Å². The van der Waals surface area contributed by atoms with Crippen LogP contribution in [0, 0.1) is 5.41 Å². The largest absolute Gasteiger partial charge is 0.402 e. The molecule has 2 rings (SSSR count). The zero-order valence-electron chi connectivity index (χ0n) is 8.48. The van der Waals surface area contributed by atoms with Gasteiger partial charge in [-0.1, -0.05) is 0 Å². The summed E-state index contributed by atoms with van der Waals surface area (Å²) < 4.78 is 5.26. The molecule has 0 aliphatic carbocycles. The fourth-order valence-electron chi connectivity index (χ4n) is 1.07. The van der Waals surface area contributed by atoms with Crippen molar-refractivity contribution in [2.75, 3.05) is 0 Å². The van der Waals surface area contributed by atoms with Crippen LogP contribution in [0.3, 0.4) is 0 Å². The highest BCUT2D eigenvalue weighted by Crippen LogP contribution is 2.13. The quantitative estimate of drug-likeness (QED) is 0.702. The monoisotopic (exact) mass is 205 g/mol. The van der Waals surface area contributed by atoms with Gasteiger partial charge in [-0.05, 0) is 19.9 Å². The number of hydrogen-bond donors (Lipinski definition) is 2. The SMILES string of the molecule is CC1(C)NN=C(Oc2ncccn2)C1=N. The van der Waals surface area contributed by atoms with Gasteiger partial charge in [0.25, 0.3) is 5.90 Å². The summed E-state index contributed by atoms with van der Waals surface area (Å²) in [6, 6.07) is 1.89. The number of hydrazone groups is 1. The van der Waals surface area contributed by atoms with Gasteiger partial charge >= 0.3 is 6.01 Å². The first-order valence-electron chi connectivity index (χ1n) is 4.49. The summed E-state index contributed by atoms with van der Waals surface area (Å²) in [6.45, 7) is 3.70. The molecule has 6 heteroatoms. The lowest BCUT2D eigenvalue weighted by molar-refractivity contribution is 0.506. The second-order valence-electron chi connectivity index (χ2n) is 3.66. The summed E-state index contributed by atoms with van der Waals surface area (Å²) in [5.41, 5.74) is 2.59. The molecule has 2 heterocycles. The Bertz CT molecular complexity index is 412. The van der Waals surface area contributed by atoms with Gasteiger partial charge in [-0.15, -0.1) is 5.10 Å². The summed E-state index contributed by atoms with van der Waals surface area (Å²) in [6.07, 6.45) is 3.14. The molecule has 1 aromatic heterocycles. The molecule has 0 fully saturated rings. The molecule has 0 saturated heterocycles. The van der Waals surface area contributed by atoms with E-state index in [9.17, 15) is 0 Å². The van der Waals surface area contributed by atoms with E-state index in [4.69, 9.17) is 10.1 Å². The van der Waals surface area contributed by atoms with Gasteiger partial charge < -0.3 is 4.74 Å². The van der Waals surface area contributed by atoms with Crippen LogP contribution in [-0.4, -0.2) is 27.1 Å². The van der Waals surface area contributed by atoms with Crippen molar-refractivity contribution in [3.8, 4) is 6.01 Å². The Morgan fingerprint density at radius 3 is 2.53 bits per heavy atom. The molecule has 0 unspecified atom stereocenters. The van der Waals surface area contributed by atoms with E-state index in [1.54, 1.807) is 18.5 Å². The molecule has 0 radical (unpaired) electrons. The predicted octanol–water partition coefficient (Wildman–Crippen LogP) is 0.570. The van der Waals surface area contributed by atoms with E-state index in [0.29, 0.717) is 0 Å². The van der Waals surface area contributed by atoms with Crippen LogP contribution in [0.5, 0.6) is 6.01 Å². The number of hydrogen-bond acceptors (Lipinski definition) is 6. The third-order valence-corrected chi connectivity index (χ3v) is 2.01. The minimum atomic E-state index is -0.496.